The van der Waals surface area contributed by atoms with Gasteiger partial charge in [-0.3, -0.25) is 0 Å². The number of halogens is 1. The van der Waals surface area contributed by atoms with Gasteiger partial charge in [-0.2, -0.15) is 0 Å². The first kappa shape index (κ1) is 11.8. The molecule has 2 fully saturated rings. The lowest BCUT2D eigenvalue weighted by Gasteiger charge is -2.18. The lowest BCUT2D eigenvalue weighted by Crippen LogP contribution is -2.22. The molecule has 0 spiro atoms. The second kappa shape index (κ2) is 4.43. The van der Waals surface area contributed by atoms with Gasteiger partial charge in [0.25, 0.3) is 0 Å². The third kappa shape index (κ3) is 1.94. The van der Waals surface area contributed by atoms with Crippen LogP contribution in [0.1, 0.15) is 29.8 Å². The maximum Gasteiger partial charge on any atom is 0.356 e. The Morgan fingerprint density at radius 2 is 2.00 bits per heavy atom. The Hall–Kier alpha value is -1.29. The van der Waals surface area contributed by atoms with Gasteiger partial charge in [-0.1, -0.05) is 18.0 Å². The van der Waals surface area contributed by atoms with Crippen molar-refractivity contribution in [3.8, 4) is 0 Å². The van der Waals surface area contributed by atoms with Crippen LogP contribution in [-0.4, -0.2) is 29.1 Å². The quantitative estimate of drug-likeness (QED) is 0.894. The van der Waals surface area contributed by atoms with Crippen molar-refractivity contribution in [3.63, 3.8) is 0 Å². The van der Waals surface area contributed by atoms with Gasteiger partial charge in [-0.25, -0.2) is 9.78 Å². The lowest BCUT2D eigenvalue weighted by molar-refractivity contribution is 0.0691. The zero-order chi connectivity index (χ0) is 12.7. The van der Waals surface area contributed by atoms with E-state index in [9.17, 15) is 4.79 Å². The number of aromatic nitrogens is 1. The molecule has 2 aliphatic rings. The number of carbonyl (C=O) groups is 1. The van der Waals surface area contributed by atoms with E-state index in [1.807, 2.05) is 6.07 Å². The Kier molecular flexibility index (Phi) is 2.90. The summed E-state index contributed by atoms with van der Waals surface area (Å²) < 4.78 is 0. The van der Waals surface area contributed by atoms with Gasteiger partial charge >= 0.3 is 5.97 Å². The molecule has 1 saturated heterocycles. The van der Waals surface area contributed by atoms with E-state index in [-0.39, 0.29) is 10.7 Å². The van der Waals surface area contributed by atoms with Crippen molar-refractivity contribution in [2.45, 2.75) is 19.3 Å². The molecule has 0 bridgehead atoms. The average Bonchev–Trinajstić information content (AvgIpc) is 2.89. The van der Waals surface area contributed by atoms with Crippen LogP contribution in [0.5, 0.6) is 0 Å². The summed E-state index contributed by atoms with van der Waals surface area (Å²) in [7, 11) is 0. The van der Waals surface area contributed by atoms with Crippen LogP contribution in [0.15, 0.2) is 12.1 Å². The minimum absolute atomic E-state index is 0.0498. The first-order valence-corrected chi connectivity index (χ1v) is 6.67. The summed E-state index contributed by atoms with van der Waals surface area (Å²) in [5.74, 6) is 1.19. The molecule has 4 nitrogen and oxygen atoms in total. The Morgan fingerprint density at radius 3 is 2.61 bits per heavy atom. The minimum Gasteiger partial charge on any atom is -0.476 e. The largest absolute Gasteiger partial charge is 0.476 e. The summed E-state index contributed by atoms with van der Waals surface area (Å²) in [6.07, 6.45) is 3.92. The molecular formula is C13H15ClN2O2. The van der Waals surface area contributed by atoms with Crippen LogP contribution >= 0.6 is 11.6 Å². The van der Waals surface area contributed by atoms with E-state index < -0.39 is 5.97 Å². The van der Waals surface area contributed by atoms with Crippen molar-refractivity contribution >= 4 is 23.4 Å². The number of hydrogen-bond acceptors (Lipinski definition) is 3. The fraction of sp³-hybridized carbons (Fsp3) is 0.538. The number of nitrogens with zero attached hydrogens (tertiary/aromatic N) is 2. The van der Waals surface area contributed by atoms with Crippen LogP contribution in [0.25, 0.3) is 0 Å². The molecule has 1 saturated carbocycles. The van der Waals surface area contributed by atoms with E-state index in [4.69, 9.17) is 16.7 Å². The Labute approximate surface area is 111 Å². The van der Waals surface area contributed by atoms with Crippen molar-refractivity contribution in [2.75, 3.05) is 18.0 Å². The minimum atomic E-state index is -1.07. The normalized spacial score (nSPS) is 26.4. The van der Waals surface area contributed by atoms with Crippen molar-refractivity contribution < 1.29 is 9.90 Å². The highest BCUT2D eigenvalue weighted by Gasteiger charge is 2.36. The number of rotatable bonds is 2. The lowest BCUT2D eigenvalue weighted by atomic mass is 10.0. The standard InChI is InChI=1S/C13H15ClN2O2/c14-10-4-5-11(15-12(10)13(17)18)16-6-8-2-1-3-9(8)7-16/h4-5,8-9H,1-3,6-7H2,(H,17,18). The summed E-state index contributed by atoms with van der Waals surface area (Å²) in [5, 5.41) is 9.23. The van der Waals surface area contributed by atoms with E-state index in [0.717, 1.165) is 30.7 Å². The molecule has 1 aliphatic carbocycles. The van der Waals surface area contributed by atoms with Crippen molar-refractivity contribution in [1.29, 1.82) is 0 Å². The third-order valence-corrected chi connectivity index (χ3v) is 4.39. The van der Waals surface area contributed by atoms with Crippen LogP contribution < -0.4 is 4.90 Å². The summed E-state index contributed by atoms with van der Waals surface area (Å²) in [6.45, 7) is 2.00. The second-order valence-electron chi connectivity index (χ2n) is 5.16. The SMILES string of the molecule is O=C(O)c1nc(N2CC3CCCC3C2)ccc1Cl. The summed E-state index contributed by atoms with van der Waals surface area (Å²) in [5.41, 5.74) is -0.0498. The van der Waals surface area contributed by atoms with Crippen LogP contribution in [-0.2, 0) is 0 Å². The van der Waals surface area contributed by atoms with Crippen LogP contribution in [0, 0.1) is 11.8 Å². The first-order valence-electron chi connectivity index (χ1n) is 6.30. The number of fused-ring (bicyclic) bond motifs is 1. The maximum absolute atomic E-state index is 11.0. The highest BCUT2D eigenvalue weighted by Crippen LogP contribution is 2.39. The molecule has 5 heteroatoms. The number of anilines is 1. The monoisotopic (exact) mass is 266 g/mol. The summed E-state index contributed by atoms with van der Waals surface area (Å²) in [6, 6.07) is 3.44. The molecule has 3 rings (SSSR count). The van der Waals surface area contributed by atoms with E-state index >= 15 is 0 Å². The zero-order valence-corrected chi connectivity index (χ0v) is 10.7. The van der Waals surface area contributed by atoms with Gasteiger partial charge in [0, 0.05) is 13.1 Å². The molecule has 0 aromatic carbocycles. The third-order valence-electron chi connectivity index (χ3n) is 4.08. The highest BCUT2D eigenvalue weighted by atomic mass is 35.5. The zero-order valence-electron chi connectivity index (χ0n) is 9.97. The number of carboxylic acid groups (broad SMARTS) is 1. The molecule has 2 heterocycles. The van der Waals surface area contributed by atoms with Gasteiger partial charge in [-0.05, 0) is 36.8 Å². The van der Waals surface area contributed by atoms with Crippen LogP contribution in [0.3, 0.4) is 0 Å². The van der Waals surface area contributed by atoms with Crippen molar-refractivity contribution in [1.82, 2.24) is 4.98 Å². The van der Waals surface area contributed by atoms with E-state index in [1.54, 1.807) is 6.07 Å². The fourth-order valence-electron chi connectivity index (χ4n) is 3.18. The van der Waals surface area contributed by atoms with Crippen molar-refractivity contribution in [3.05, 3.63) is 22.8 Å². The van der Waals surface area contributed by atoms with Crippen LogP contribution in [0.4, 0.5) is 5.82 Å². The van der Waals surface area contributed by atoms with Gasteiger partial charge in [0.05, 0.1) is 5.02 Å². The Bertz CT molecular complexity index is 480. The Balaban J connectivity index is 1.85. The number of carboxylic acids is 1. The molecular weight excluding hydrogens is 252 g/mol. The molecule has 2 atom stereocenters. The molecule has 0 radical (unpaired) electrons. The maximum atomic E-state index is 11.0. The van der Waals surface area contributed by atoms with E-state index in [0.29, 0.717) is 0 Å². The summed E-state index contributed by atoms with van der Waals surface area (Å²) >= 11 is 5.83. The van der Waals surface area contributed by atoms with Gasteiger partial charge < -0.3 is 10.0 Å². The van der Waals surface area contributed by atoms with Crippen LogP contribution in [0.2, 0.25) is 5.02 Å². The molecule has 1 N–H and O–H groups in total. The van der Waals surface area contributed by atoms with Crippen molar-refractivity contribution in [2.24, 2.45) is 11.8 Å². The highest BCUT2D eigenvalue weighted by molar-refractivity contribution is 6.33. The topological polar surface area (TPSA) is 53.4 Å². The predicted octanol–water partition coefficient (Wildman–Crippen LogP) is 2.67. The number of aromatic carboxylic acids is 1. The van der Waals surface area contributed by atoms with Gasteiger partial charge in [0.15, 0.2) is 5.69 Å². The molecule has 1 aliphatic heterocycles. The molecule has 0 amide bonds. The number of hydrogen-bond donors (Lipinski definition) is 1. The Morgan fingerprint density at radius 1 is 1.33 bits per heavy atom. The smallest absolute Gasteiger partial charge is 0.356 e. The average molecular weight is 267 g/mol. The molecule has 1 aromatic heterocycles. The number of pyridine rings is 1. The molecule has 96 valence electrons. The van der Waals surface area contributed by atoms with Gasteiger partial charge in [0.2, 0.25) is 0 Å². The molecule has 1 aromatic rings. The summed E-state index contributed by atoms with van der Waals surface area (Å²) in [4.78, 5) is 17.4. The first-order chi connectivity index (χ1) is 8.65. The van der Waals surface area contributed by atoms with Gasteiger partial charge in [-0.15, -0.1) is 0 Å². The van der Waals surface area contributed by atoms with Gasteiger partial charge in [0.1, 0.15) is 5.82 Å². The molecule has 18 heavy (non-hydrogen) atoms. The van der Waals surface area contributed by atoms with E-state index in [2.05, 4.69) is 9.88 Å². The predicted molar refractivity (Wildman–Crippen MR) is 69.3 cm³/mol. The second-order valence-corrected chi connectivity index (χ2v) is 5.57. The fourth-order valence-corrected chi connectivity index (χ4v) is 3.37. The van der Waals surface area contributed by atoms with E-state index in [1.165, 1.54) is 19.3 Å². The molecule has 2 unspecified atom stereocenters.